The number of halogens is 3. The van der Waals surface area contributed by atoms with Gasteiger partial charge in [0.15, 0.2) is 5.82 Å². The fourth-order valence-corrected chi connectivity index (χ4v) is 3.07. The molecule has 1 N–H and O–H groups in total. The van der Waals surface area contributed by atoms with E-state index >= 15 is 0 Å². The van der Waals surface area contributed by atoms with Crippen LogP contribution in [-0.4, -0.2) is 39.9 Å². The molecule has 0 spiro atoms. The summed E-state index contributed by atoms with van der Waals surface area (Å²) < 4.78 is 43.4. The lowest BCUT2D eigenvalue weighted by Gasteiger charge is -2.31. The summed E-state index contributed by atoms with van der Waals surface area (Å²) in [5.74, 6) is -0.142. The number of hydrogen-bond donors (Lipinski definition) is 1. The van der Waals surface area contributed by atoms with Gasteiger partial charge in [-0.1, -0.05) is 11.2 Å². The number of carbonyl (C=O) groups is 2. The van der Waals surface area contributed by atoms with Crippen LogP contribution in [0.2, 0.25) is 0 Å². The molecule has 1 aliphatic rings. The number of piperidine rings is 1. The monoisotopic (exact) mass is 396 g/mol. The highest BCUT2D eigenvalue weighted by Crippen LogP contribution is 2.30. The molecular weight excluding hydrogens is 377 g/mol. The van der Waals surface area contributed by atoms with Crippen LogP contribution in [0.25, 0.3) is 0 Å². The SMILES string of the molecule is Cc1noc(CNC(=O)C2CCN(C(=O)c3cccc(C(F)(F)F)c3)CC2)n1. The molecule has 150 valence electrons. The van der Waals surface area contributed by atoms with E-state index in [2.05, 4.69) is 15.5 Å². The lowest BCUT2D eigenvalue weighted by Crippen LogP contribution is -2.43. The highest BCUT2D eigenvalue weighted by molar-refractivity contribution is 5.94. The Hall–Kier alpha value is -2.91. The van der Waals surface area contributed by atoms with Crippen molar-refractivity contribution < 1.29 is 27.3 Å². The van der Waals surface area contributed by atoms with Gasteiger partial charge in [-0.05, 0) is 38.0 Å². The van der Waals surface area contributed by atoms with E-state index in [0.29, 0.717) is 37.6 Å². The Morgan fingerprint density at radius 1 is 1.29 bits per heavy atom. The maximum atomic E-state index is 12.8. The number of nitrogens with one attached hydrogen (secondary N) is 1. The van der Waals surface area contributed by atoms with Crippen LogP contribution < -0.4 is 5.32 Å². The topological polar surface area (TPSA) is 88.3 Å². The van der Waals surface area contributed by atoms with Gasteiger partial charge in [-0.3, -0.25) is 9.59 Å². The van der Waals surface area contributed by atoms with Crippen LogP contribution in [0.1, 0.15) is 40.5 Å². The summed E-state index contributed by atoms with van der Waals surface area (Å²) in [4.78, 5) is 30.2. The minimum absolute atomic E-state index is 0.00973. The molecule has 0 radical (unpaired) electrons. The Kier molecular flexibility index (Phi) is 5.66. The van der Waals surface area contributed by atoms with Crippen LogP contribution in [-0.2, 0) is 17.5 Å². The van der Waals surface area contributed by atoms with E-state index in [1.807, 2.05) is 0 Å². The second-order valence-electron chi connectivity index (χ2n) is 6.60. The number of carbonyl (C=O) groups excluding carboxylic acids is 2. The van der Waals surface area contributed by atoms with Gasteiger partial charge in [0.05, 0.1) is 12.1 Å². The molecule has 0 unspecified atom stereocenters. The van der Waals surface area contributed by atoms with E-state index in [1.54, 1.807) is 6.92 Å². The number of benzene rings is 1. The highest BCUT2D eigenvalue weighted by atomic mass is 19.4. The summed E-state index contributed by atoms with van der Waals surface area (Å²) in [6.45, 7) is 2.40. The van der Waals surface area contributed by atoms with Crippen LogP contribution >= 0.6 is 0 Å². The summed E-state index contributed by atoms with van der Waals surface area (Å²) in [7, 11) is 0. The van der Waals surface area contributed by atoms with Gasteiger partial charge in [-0.15, -0.1) is 0 Å². The molecule has 7 nitrogen and oxygen atoms in total. The average Bonchev–Trinajstić information content (AvgIpc) is 3.10. The molecule has 1 saturated heterocycles. The average molecular weight is 396 g/mol. The second kappa shape index (κ2) is 7.99. The Balaban J connectivity index is 1.53. The highest BCUT2D eigenvalue weighted by Gasteiger charge is 2.32. The molecule has 1 aromatic carbocycles. The normalized spacial score (nSPS) is 15.5. The summed E-state index contributed by atoms with van der Waals surface area (Å²) in [5.41, 5.74) is -0.867. The third kappa shape index (κ3) is 4.68. The van der Waals surface area contributed by atoms with Crippen molar-refractivity contribution in [2.24, 2.45) is 5.92 Å². The van der Waals surface area contributed by atoms with Crippen molar-refractivity contribution in [3.8, 4) is 0 Å². The van der Waals surface area contributed by atoms with E-state index in [9.17, 15) is 22.8 Å². The maximum absolute atomic E-state index is 12.8. The quantitative estimate of drug-likeness (QED) is 0.858. The molecule has 2 amide bonds. The fraction of sp³-hybridized carbons (Fsp3) is 0.444. The number of nitrogens with zero attached hydrogens (tertiary/aromatic N) is 3. The minimum Gasteiger partial charge on any atom is -0.347 e. The summed E-state index contributed by atoms with van der Waals surface area (Å²) in [6, 6.07) is 4.37. The third-order valence-corrected chi connectivity index (χ3v) is 4.57. The Morgan fingerprint density at radius 3 is 2.61 bits per heavy atom. The molecule has 0 atom stereocenters. The lowest BCUT2D eigenvalue weighted by molar-refractivity contribution is -0.137. The molecule has 2 heterocycles. The first-order chi connectivity index (χ1) is 13.2. The van der Waals surface area contributed by atoms with Gasteiger partial charge in [0.25, 0.3) is 5.91 Å². The predicted octanol–water partition coefficient (Wildman–Crippen LogP) is 2.57. The Bertz CT molecular complexity index is 858. The maximum Gasteiger partial charge on any atom is 0.416 e. The number of amides is 2. The molecule has 2 aromatic rings. The molecule has 3 rings (SSSR count). The van der Waals surface area contributed by atoms with E-state index in [0.717, 1.165) is 12.1 Å². The number of rotatable bonds is 4. The number of likely N-dealkylation sites (tertiary alicyclic amines) is 1. The van der Waals surface area contributed by atoms with E-state index in [4.69, 9.17) is 4.52 Å². The number of aromatic nitrogens is 2. The standard InChI is InChI=1S/C18H19F3N4O3/c1-11-23-15(28-24-11)10-22-16(26)12-5-7-25(8-6-12)17(27)13-3-2-4-14(9-13)18(19,20)21/h2-4,9,12H,5-8,10H2,1H3,(H,22,26). The van der Waals surface area contributed by atoms with Crippen molar-refractivity contribution in [1.29, 1.82) is 0 Å². The first-order valence-corrected chi connectivity index (χ1v) is 8.77. The molecule has 0 bridgehead atoms. The zero-order valence-electron chi connectivity index (χ0n) is 15.1. The van der Waals surface area contributed by atoms with Crippen molar-refractivity contribution >= 4 is 11.8 Å². The van der Waals surface area contributed by atoms with Crippen LogP contribution in [0, 0.1) is 12.8 Å². The van der Waals surface area contributed by atoms with Gasteiger partial charge in [-0.2, -0.15) is 18.2 Å². The van der Waals surface area contributed by atoms with Crippen LogP contribution in [0.4, 0.5) is 13.2 Å². The number of aryl methyl sites for hydroxylation is 1. The van der Waals surface area contributed by atoms with Crippen molar-refractivity contribution in [3.63, 3.8) is 0 Å². The molecular formula is C18H19F3N4O3. The lowest BCUT2D eigenvalue weighted by atomic mass is 9.95. The molecule has 1 aromatic heterocycles. The molecule has 28 heavy (non-hydrogen) atoms. The van der Waals surface area contributed by atoms with Gasteiger partial charge in [0.1, 0.15) is 0 Å². The van der Waals surface area contributed by atoms with Crippen molar-refractivity contribution in [2.45, 2.75) is 32.5 Å². The minimum atomic E-state index is -4.50. The predicted molar refractivity (Wildman–Crippen MR) is 91.0 cm³/mol. The van der Waals surface area contributed by atoms with E-state index in [-0.39, 0.29) is 23.9 Å². The van der Waals surface area contributed by atoms with Crippen molar-refractivity contribution in [3.05, 3.63) is 47.1 Å². The van der Waals surface area contributed by atoms with Crippen LogP contribution in [0.5, 0.6) is 0 Å². The van der Waals surface area contributed by atoms with Gasteiger partial charge < -0.3 is 14.7 Å². The summed E-state index contributed by atoms with van der Waals surface area (Å²) in [5, 5.41) is 6.35. The molecule has 1 fully saturated rings. The zero-order chi connectivity index (χ0) is 20.3. The van der Waals surface area contributed by atoms with E-state index < -0.39 is 17.6 Å². The molecule has 0 aliphatic carbocycles. The number of hydrogen-bond acceptors (Lipinski definition) is 5. The number of alkyl halides is 3. The second-order valence-corrected chi connectivity index (χ2v) is 6.60. The van der Waals surface area contributed by atoms with E-state index in [1.165, 1.54) is 17.0 Å². The molecule has 0 saturated carbocycles. The first-order valence-electron chi connectivity index (χ1n) is 8.77. The van der Waals surface area contributed by atoms with Crippen LogP contribution in [0.3, 0.4) is 0 Å². The van der Waals surface area contributed by atoms with Gasteiger partial charge in [0.2, 0.25) is 11.8 Å². The fourth-order valence-electron chi connectivity index (χ4n) is 3.07. The third-order valence-electron chi connectivity index (χ3n) is 4.57. The first kappa shape index (κ1) is 19.8. The van der Waals surface area contributed by atoms with Crippen LogP contribution in [0.15, 0.2) is 28.8 Å². The smallest absolute Gasteiger partial charge is 0.347 e. The van der Waals surface area contributed by atoms with Gasteiger partial charge in [-0.25, -0.2) is 0 Å². The summed E-state index contributed by atoms with van der Waals surface area (Å²) in [6.07, 6.45) is -3.64. The zero-order valence-corrected chi connectivity index (χ0v) is 15.1. The Labute approximate surface area is 158 Å². The van der Waals surface area contributed by atoms with Crippen molar-refractivity contribution in [1.82, 2.24) is 20.4 Å². The largest absolute Gasteiger partial charge is 0.416 e. The Morgan fingerprint density at radius 2 is 2.00 bits per heavy atom. The summed E-state index contributed by atoms with van der Waals surface area (Å²) >= 11 is 0. The van der Waals surface area contributed by atoms with Crippen molar-refractivity contribution in [2.75, 3.05) is 13.1 Å². The van der Waals surface area contributed by atoms with Gasteiger partial charge >= 0.3 is 6.18 Å². The van der Waals surface area contributed by atoms with Gasteiger partial charge in [0, 0.05) is 24.6 Å². The molecule has 10 heteroatoms. The molecule has 1 aliphatic heterocycles.